The van der Waals surface area contributed by atoms with E-state index in [2.05, 4.69) is 39.7 Å². The highest BCUT2D eigenvalue weighted by Crippen LogP contribution is 2.17. The van der Waals surface area contributed by atoms with Gasteiger partial charge in [0.25, 0.3) is 0 Å². The van der Waals surface area contributed by atoms with Gasteiger partial charge < -0.3 is 4.74 Å². The number of hydrogen-bond acceptors (Lipinski definition) is 2. The highest BCUT2D eigenvalue weighted by molar-refractivity contribution is 5.12. The van der Waals surface area contributed by atoms with Gasteiger partial charge in [-0.1, -0.05) is 20.8 Å². The molecule has 3 nitrogen and oxygen atoms in total. The van der Waals surface area contributed by atoms with Gasteiger partial charge in [-0.3, -0.25) is 4.68 Å². The zero-order valence-electron chi connectivity index (χ0n) is 11.2. The third-order valence-corrected chi connectivity index (χ3v) is 2.79. The number of nitrogens with zero attached hydrogens (tertiary/aromatic N) is 2. The van der Waals surface area contributed by atoms with Gasteiger partial charge >= 0.3 is 0 Å². The highest BCUT2D eigenvalue weighted by Gasteiger charge is 2.09. The van der Waals surface area contributed by atoms with Crippen LogP contribution < -0.4 is 0 Å². The summed E-state index contributed by atoms with van der Waals surface area (Å²) in [6.07, 6.45) is 3.01. The summed E-state index contributed by atoms with van der Waals surface area (Å²) < 4.78 is 7.62. The molecule has 1 aromatic heterocycles. The van der Waals surface area contributed by atoms with Crippen LogP contribution in [-0.4, -0.2) is 23.0 Å². The molecule has 0 saturated heterocycles. The smallest absolute Gasteiger partial charge is 0.0662 e. The van der Waals surface area contributed by atoms with Crippen LogP contribution in [0.2, 0.25) is 0 Å². The average molecular weight is 224 g/mol. The number of rotatable bonds is 5. The molecule has 0 aliphatic carbocycles. The van der Waals surface area contributed by atoms with Gasteiger partial charge in [0.15, 0.2) is 0 Å². The minimum Gasteiger partial charge on any atom is -0.380 e. The minimum atomic E-state index is 0.359. The van der Waals surface area contributed by atoms with Crippen LogP contribution in [0, 0.1) is 19.3 Å². The molecule has 1 rings (SSSR count). The Morgan fingerprint density at radius 2 is 1.94 bits per heavy atom. The molecule has 0 aromatic carbocycles. The molecule has 0 radical (unpaired) electrons. The van der Waals surface area contributed by atoms with Crippen molar-refractivity contribution in [3.8, 4) is 0 Å². The van der Waals surface area contributed by atoms with E-state index < -0.39 is 0 Å². The monoisotopic (exact) mass is 224 g/mol. The largest absolute Gasteiger partial charge is 0.380 e. The molecule has 0 N–H and O–H groups in total. The first-order valence-corrected chi connectivity index (χ1v) is 5.97. The number of hydrogen-bond donors (Lipinski definition) is 0. The van der Waals surface area contributed by atoms with Crippen LogP contribution in [0.5, 0.6) is 0 Å². The van der Waals surface area contributed by atoms with Crippen LogP contribution in [-0.2, 0) is 11.3 Å². The third-order valence-electron chi connectivity index (χ3n) is 2.79. The van der Waals surface area contributed by atoms with Crippen LogP contribution in [0.1, 0.15) is 38.4 Å². The summed E-state index contributed by atoms with van der Waals surface area (Å²) >= 11 is 0. The Bertz CT molecular complexity index is 323. The molecule has 0 spiro atoms. The van der Waals surface area contributed by atoms with Gasteiger partial charge in [0.1, 0.15) is 0 Å². The van der Waals surface area contributed by atoms with E-state index in [9.17, 15) is 0 Å². The van der Waals surface area contributed by atoms with Gasteiger partial charge in [0.2, 0.25) is 0 Å². The molecule has 0 atom stereocenters. The lowest BCUT2D eigenvalue weighted by Gasteiger charge is -2.17. The number of aromatic nitrogens is 2. The Kier molecular flexibility index (Phi) is 4.54. The summed E-state index contributed by atoms with van der Waals surface area (Å²) in [5.41, 5.74) is 2.84. The zero-order valence-corrected chi connectivity index (χ0v) is 11.2. The predicted molar refractivity (Wildman–Crippen MR) is 66.6 cm³/mol. The fraction of sp³-hybridized carbons (Fsp3) is 0.769. The first-order chi connectivity index (χ1) is 7.40. The van der Waals surface area contributed by atoms with Crippen molar-refractivity contribution in [3.05, 3.63) is 17.5 Å². The Balaban J connectivity index is 2.19. The quantitative estimate of drug-likeness (QED) is 0.719. The van der Waals surface area contributed by atoms with E-state index in [0.717, 1.165) is 26.2 Å². The lowest BCUT2D eigenvalue weighted by molar-refractivity contribution is 0.0995. The molecule has 1 heterocycles. The van der Waals surface area contributed by atoms with Crippen molar-refractivity contribution in [1.82, 2.24) is 9.78 Å². The molecule has 0 aliphatic rings. The fourth-order valence-electron chi connectivity index (χ4n) is 1.40. The van der Waals surface area contributed by atoms with E-state index in [0.29, 0.717) is 5.41 Å². The average Bonchev–Trinajstić information content (AvgIpc) is 2.47. The molecule has 0 amide bonds. The Labute approximate surface area is 98.8 Å². The minimum absolute atomic E-state index is 0.359. The third kappa shape index (κ3) is 4.35. The van der Waals surface area contributed by atoms with E-state index in [4.69, 9.17) is 4.74 Å². The zero-order chi connectivity index (χ0) is 12.2. The van der Waals surface area contributed by atoms with Crippen molar-refractivity contribution < 1.29 is 4.74 Å². The standard InChI is InChI=1S/C13H24N2O/c1-11-10-14-15(12(11)2)7-9-16-8-6-13(3,4)5/h10H,6-9H2,1-5H3. The predicted octanol–water partition coefficient (Wildman–Crippen LogP) is 2.95. The second-order valence-electron chi connectivity index (χ2n) is 5.56. The second-order valence-corrected chi connectivity index (χ2v) is 5.56. The van der Waals surface area contributed by atoms with Crippen molar-refractivity contribution in [2.24, 2.45) is 5.41 Å². The summed E-state index contributed by atoms with van der Waals surface area (Å²) in [6, 6.07) is 0. The molecule has 16 heavy (non-hydrogen) atoms. The summed E-state index contributed by atoms with van der Waals surface area (Å²) in [6.45, 7) is 13.3. The first-order valence-electron chi connectivity index (χ1n) is 5.97. The normalized spacial score (nSPS) is 12.1. The maximum Gasteiger partial charge on any atom is 0.0662 e. The van der Waals surface area contributed by atoms with Gasteiger partial charge in [-0.25, -0.2) is 0 Å². The maximum absolute atomic E-state index is 5.62. The molecule has 0 saturated carbocycles. The summed E-state index contributed by atoms with van der Waals surface area (Å²) in [4.78, 5) is 0. The lowest BCUT2D eigenvalue weighted by Crippen LogP contribution is -2.13. The van der Waals surface area contributed by atoms with Crippen molar-refractivity contribution in [1.29, 1.82) is 0 Å². The maximum atomic E-state index is 5.62. The first kappa shape index (κ1) is 13.2. The second kappa shape index (κ2) is 5.48. The van der Waals surface area contributed by atoms with Gasteiger partial charge in [-0.15, -0.1) is 0 Å². The Morgan fingerprint density at radius 1 is 1.25 bits per heavy atom. The molecule has 0 unspecified atom stereocenters. The molecular weight excluding hydrogens is 200 g/mol. The van der Waals surface area contributed by atoms with Crippen LogP contribution >= 0.6 is 0 Å². The van der Waals surface area contributed by atoms with Crippen LogP contribution in [0.15, 0.2) is 6.20 Å². The van der Waals surface area contributed by atoms with Gasteiger partial charge in [0, 0.05) is 12.3 Å². The summed E-state index contributed by atoms with van der Waals surface area (Å²) in [7, 11) is 0. The molecule has 3 heteroatoms. The highest BCUT2D eigenvalue weighted by atomic mass is 16.5. The van der Waals surface area contributed by atoms with E-state index >= 15 is 0 Å². The van der Waals surface area contributed by atoms with Crippen LogP contribution in [0.25, 0.3) is 0 Å². The molecule has 0 bridgehead atoms. The molecule has 0 aliphatic heterocycles. The van der Waals surface area contributed by atoms with Crippen molar-refractivity contribution >= 4 is 0 Å². The molecular formula is C13H24N2O. The van der Waals surface area contributed by atoms with E-state index in [1.54, 1.807) is 0 Å². The van der Waals surface area contributed by atoms with Gasteiger partial charge in [-0.05, 0) is 31.2 Å². The SMILES string of the molecule is Cc1cnn(CCOCCC(C)(C)C)c1C. The van der Waals surface area contributed by atoms with E-state index in [1.807, 2.05) is 10.9 Å². The Morgan fingerprint density at radius 3 is 2.44 bits per heavy atom. The van der Waals surface area contributed by atoms with E-state index in [1.165, 1.54) is 11.3 Å². The molecule has 0 fully saturated rings. The van der Waals surface area contributed by atoms with Crippen LogP contribution in [0.4, 0.5) is 0 Å². The van der Waals surface area contributed by atoms with Crippen molar-refractivity contribution in [2.75, 3.05) is 13.2 Å². The van der Waals surface area contributed by atoms with Crippen molar-refractivity contribution in [2.45, 2.75) is 47.6 Å². The number of aryl methyl sites for hydroxylation is 1. The van der Waals surface area contributed by atoms with Gasteiger partial charge in [0.05, 0.1) is 19.3 Å². The lowest BCUT2D eigenvalue weighted by atomic mass is 9.93. The van der Waals surface area contributed by atoms with Crippen LogP contribution in [0.3, 0.4) is 0 Å². The molecule has 92 valence electrons. The van der Waals surface area contributed by atoms with Gasteiger partial charge in [-0.2, -0.15) is 5.10 Å². The fourth-order valence-corrected chi connectivity index (χ4v) is 1.40. The van der Waals surface area contributed by atoms with E-state index in [-0.39, 0.29) is 0 Å². The topological polar surface area (TPSA) is 27.1 Å². The summed E-state index contributed by atoms with van der Waals surface area (Å²) in [5, 5.41) is 4.30. The summed E-state index contributed by atoms with van der Waals surface area (Å²) in [5.74, 6) is 0. The van der Waals surface area contributed by atoms with Crippen molar-refractivity contribution in [3.63, 3.8) is 0 Å². The molecule has 1 aromatic rings. The number of ether oxygens (including phenoxy) is 1. The Hall–Kier alpha value is -0.830.